The van der Waals surface area contributed by atoms with E-state index >= 15 is 0 Å². The van der Waals surface area contributed by atoms with Gasteiger partial charge in [-0.1, -0.05) is 17.7 Å². The number of aliphatic carboxylic acids is 1. The molecular weight excluding hydrogens is 207 g/mol. The molecule has 1 aromatic carbocycles. The molecule has 1 rings (SSSR count). The summed E-state index contributed by atoms with van der Waals surface area (Å²) in [7, 11) is 0. The number of carboxylic acids is 1. The molecule has 0 aromatic heterocycles. The van der Waals surface area contributed by atoms with Crippen molar-refractivity contribution in [2.24, 2.45) is 0 Å². The van der Waals surface area contributed by atoms with Crippen molar-refractivity contribution in [3.63, 3.8) is 0 Å². The maximum Gasteiger partial charge on any atom is 0.303 e. The molecule has 0 atom stereocenters. The summed E-state index contributed by atoms with van der Waals surface area (Å²) in [5.74, 6) is -1.21. The Kier molecular flexibility index (Phi) is 3.89. The second kappa shape index (κ2) is 4.96. The molecule has 0 bridgehead atoms. The maximum absolute atomic E-state index is 12.6. The van der Waals surface area contributed by atoms with E-state index < -0.39 is 5.97 Å². The molecule has 0 aliphatic rings. The Labute approximate surface area is 86.3 Å². The Bertz CT molecular complexity index is 339. The third-order valence-electron chi connectivity index (χ3n) is 1.85. The van der Waals surface area contributed by atoms with Gasteiger partial charge in [-0.3, -0.25) is 4.79 Å². The van der Waals surface area contributed by atoms with Crippen LogP contribution in [0.1, 0.15) is 18.4 Å². The van der Waals surface area contributed by atoms with E-state index in [9.17, 15) is 9.18 Å². The van der Waals surface area contributed by atoms with E-state index in [2.05, 4.69) is 0 Å². The van der Waals surface area contributed by atoms with Crippen LogP contribution in [0.3, 0.4) is 0 Å². The number of halogens is 2. The predicted octanol–water partition coefficient (Wildman–Crippen LogP) is 2.89. The van der Waals surface area contributed by atoms with Crippen LogP contribution in [-0.2, 0) is 11.2 Å². The zero-order chi connectivity index (χ0) is 10.6. The second-order valence-electron chi connectivity index (χ2n) is 2.98. The van der Waals surface area contributed by atoms with Crippen LogP contribution in [0.15, 0.2) is 18.2 Å². The van der Waals surface area contributed by atoms with Crippen LogP contribution >= 0.6 is 11.6 Å². The molecule has 0 aliphatic carbocycles. The lowest BCUT2D eigenvalue weighted by Crippen LogP contribution is -1.96. The average molecular weight is 217 g/mol. The van der Waals surface area contributed by atoms with Crippen molar-refractivity contribution in [1.29, 1.82) is 0 Å². The summed E-state index contributed by atoms with van der Waals surface area (Å²) in [5, 5.41) is 8.77. The highest BCUT2D eigenvalue weighted by molar-refractivity contribution is 6.31. The van der Waals surface area contributed by atoms with Gasteiger partial charge in [-0.15, -0.1) is 0 Å². The fourth-order valence-electron chi connectivity index (χ4n) is 1.15. The molecule has 0 radical (unpaired) electrons. The molecule has 2 nitrogen and oxygen atoms in total. The van der Waals surface area contributed by atoms with Crippen molar-refractivity contribution in [3.05, 3.63) is 34.6 Å². The third-order valence-corrected chi connectivity index (χ3v) is 2.20. The first-order valence-corrected chi connectivity index (χ1v) is 4.63. The van der Waals surface area contributed by atoms with Crippen LogP contribution < -0.4 is 0 Å². The molecule has 0 spiro atoms. The fraction of sp³-hybridized carbons (Fsp3) is 0.300. The SMILES string of the molecule is O=C(O)CCCc1ccc(F)cc1Cl. The van der Waals surface area contributed by atoms with Crippen LogP contribution in [0.4, 0.5) is 4.39 Å². The second-order valence-corrected chi connectivity index (χ2v) is 3.39. The van der Waals surface area contributed by atoms with E-state index in [0.717, 1.165) is 5.56 Å². The average Bonchev–Trinajstić information content (AvgIpc) is 2.08. The molecule has 0 amide bonds. The zero-order valence-corrected chi connectivity index (χ0v) is 8.22. The minimum Gasteiger partial charge on any atom is -0.481 e. The van der Waals surface area contributed by atoms with Crippen molar-refractivity contribution >= 4 is 17.6 Å². The highest BCUT2D eigenvalue weighted by Crippen LogP contribution is 2.19. The lowest BCUT2D eigenvalue weighted by Gasteiger charge is -2.02. The summed E-state index contributed by atoms with van der Waals surface area (Å²) in [6, 6.07) is 4.14. The van der Waals surface area contributed by atoms with Gasteiger partial charge in [0.1, 0.15) is 5.82 Å². The van der Waals surface area contributed by atoms with Gasteiger partial charge in [0.2, 0.25) is 0 Å². The molecule has 76 valence electrons. The molecule has 0 unspecified atom stereocenters. The number of carboxylic acid groups (broad SMARTS) is 1. The largest absolute Gasteiger partial charge is 0.481 e. The van der Waals surface area contributed by atoms with Crippen molar-refractivity contribution < 1.29 is 14.3 Å². The van der Waals surface area contributed by atoms with E-state index in [0.29, 0.717) is 17.9 Å². The third kappa shape index (κ3) is 3.34. The minimum absolute atomic E-state index is 0.105. The van der Waals surface area contributed by atoms with E-state index in [-0.39, 0.29) is 12.2 Å². The van der Waals surface area contributed by atoms with Crippen molar-refractivity contribution in [2.45, 2.75) is 19.3 Å². The van der Waals surface area contributed by atoms with Crippen LogP contribution in [0.25, 0.3) is 0 Å². The van der Waals surface area contributed by atoms with Crippen LogP contribution in [-0.4, -0.2) is 11.1 Å². The Morgan fingerprint density at radius 1 is 1.50 bits per heavy atom. The number of aryl methyl sites for hydroxylation is 1. The number of benzene rings is 1. The molecule has 1 N–H and O–H groups in total. The Hall–Kier alpha value is -1.09. The molecule has 0 aliphatic heterocycles. The number of hydrogen-bond donors (Lipinski definition) is 1. The lowest BCUT2D eigenvalue weighted by molar-refractivity contribution is -0.137. The highest BCUT2D eigenvalue weighted by atomic mass is 35.5. The first-order valence-electron chi connectivity index (χ1n) is 4.25. The van der Waals surface area contributed by atoms with Gasteiger partial charge in [-0.25, -0.2) is 4.39 Å². The quantitative estimate of drug-likeness (QED) is 0.840. The van der Waals surface area contributed by atoms with Crippen molar-refractivity contribution in [3.8, 4) is 0 Å². The Morgan fingerprint density at radius 2 is 2.21 bits per heavy atom. The maximum atomic E-state index is 12.6. The molecule has 0 saturated carbocycles. The van der Waals surface area contributed by atoms with Gasteiger partial charge in [-0.05, 0) is 30.5 Å². The lowest BCUT2D eigenvalue weighted by atomic mass is 10.1. The minimum atomic E-state index is -0.830. The number of hydrogen-bond acceptors (Lipinski definition) is 1. The number of rotatable bonds is 4. The van der Waals surface area contributed by atoms with Gasteiger partial charge >= 0.3 is 5.97 Å². The molecule has 1 aromatic rings. The summed E-state index contributed by atoms with van der Waals surface area (Å²) in [5.41, 5.74) is 0.786. The first kappa shape index (κ1) is 11.0. The van der Waals surface area contributed by atoms with E-state index in [1.807, 2.05) is 0 Å². The first-order chi connectivity index (χ1) is 6.59. The summed E-state index contributed by atoms with van der Waals surface area (Å²) < 4.78 is 12.6. The van der Waals surface area contributed by atoms with Gasteiger partial charge < -0.3 is 5.11 Å². The molecule has 0 saturated heterocycles. The molecule has 0 heterocycles. The van der Waals surface area contributed by atoms with Crippen molar-refractivity contribution in [1.82, 2.24) is 0 Å². The smallest absolute Gasteiger partial charge is 0.303 e. The van der Waals surface area contributed by atoms with Crippen LogP contribution in [0, 0.1) is 5.82 Å². The normalized spacial score (nSPS) is 10.1. The Balaban J connectivity index is 2.55. The molecule has 14 heavy (non-hydrogen) atoms. The molecule has 4 heteroatoms. The van der Waals surface area contributed by atoms with Gasteiger partial charge in [0.05, 0.1) is 0 Å². The van der Waals surface area contributed by atoms with Gasteiger partial charge in [0.15, 0.2) is 0 Å². The van der Waals surface area contributed by atoms with Crippen LogP contribution in [0.2, 0.25) is 5.02 Å². The van der Waals surface area contributed by atoms with Gasteiger partial charge in [-0.2, -0.15) is 0 Å². The summed E-state index contributed by atoms with van der Waals surface area (Å²) in [4.78, 5) is 10.2. The number of carbonyl (C=O) groups is 1. The topological polar surface area (TPSA) is 37.3 Å². The van der Waals surface area contributed by atoms with Gasteiger partial charge in [0, 0.05) is 11.4 Å². The van der Waals surface area contributed by atoms with Crippen LogP contribution in [0.5, 0.6) is 0 Å². The summed E-state index contributed by atoms with van der Waals surface area (Å²) >= 11 is 5.76. The van der Waals surface area contributed by atoms with E-state index in [1.54, 1.807) is 6.07 Å². The van der Waals surface area contributed by atoms with Crippen molar-refractivity contribution in [2.75, 3.05) is 0 Å². The van der Waals surface area contributed by atoms with E-state index in [1.165, 1.54) is 12.1 Å². The fourth-order valence-corrected chi connectivity index (χ4v) is 1.42. The highest BCUT2D eigenvalue weighted by Gasteiger charge is 2.03. The predicted molar refractivity (Wildman–Crippen MR) is 52.0 cm³/mol. The Morgan fingerprint density at radius 3 is 2.79 bits per heavy atom. The zero-order valence-electron chi connectivity index (χ0n) is 7.46. The van der Waals surface area contributed by atoms with E-state index in [4.69, 9.17) is 16.7 Å². The summed E-state index contributed by atoms with van der Waals surface area (Å²) in [6.07, 6.45) is 1.18. The molecular formula is C10H10ClFO2. The monoisotopic (exact) mass is 216 g/mol. The summed E-state index contributed by atoms with van der Waals surface area (Å²) in [6.45, 7) is 0. The molecule has 0 fully saturated rings. The standard InChI is InChI=1S/C10H10ClFO2/c11-9-6-8(12)5-4-7(9)2-1-3-10(13)14/h4-6H,1-3H2,(H,13,14). The van der Waals surface area contributed by atoms with Gasteiger partial charge in [0.25, 0.3) is 0 Å².